The van der Waals surface area contributed by atoms with Gasteiger partial charge in [0.05, 0.1) is 16.5 Å². The summed E-state index contributed by atoms with van der Waals surface area (Å²) < 4.78 is 27.7. The molecule has 1 aliphatic rings. The van der Waals surface area contributed by atoms with Gasteiger partial charge >= 0.3 is 0 Å². The lowest BCUT2D eigenvalue weighted by atomic mass is 10.1. The van der Waals surface area contributed by atoms with Crippen LogP contribution in [-0.2, 0) is 14.8 Å². The number of aryl methyl sites for hydroxylation is 1. The van der Waals surface area contributed by atoms with Gasteiger partial charge < -0.3 is 11.1 Å². The number of nitrogens with one attached hydrogen (secondary N) is 1. The molecule has 26 heavy (non-hydrogen) atoms. The first-order valence-electron chi connectivity index (χ1n) is 8.39. The van der Waals surface area contributed by atoms with Crippen LogP contribution in [0.25, 0.3) is 0 Å². The van der Waals surface area contributed by atoms with Crippen molar-refractivity contribution in [3.63, 3.8) is 0 Å². The highest BCUT2D eigenvalue weighted by molar-refractivity contribution is 7.89. The minimum Gasteiger partial charge on any atom is -0.354 e. The molecule has 7 nitrogen and oxygen atoms in total. The monoisotopic (exact) mass is 400 g/mol. The number of sulfonamides is 1. The van der Waals surface area contributed by atoms with E-state index < -0.39 is 10.0 Å². The van der Waals surface area contributed by atoms with Gasteiger partial charge in [0, 0.05) is 32.1 Å². The lowest BCUT2D eigenvalue weighted by Crippen LogP contribution is -2.49. The number of hydrogen-bond acceptors (Lipinski definition) is 5. The summed E-state index contributed by atoms with van der Waals surface area (Å²) in [5.41, 5.74) is 6.28. The van der Waals surface area contributed by atoms with Crippen LogP contribution < -0.4 is 11.1 Å². The molecule has 0 aliphatic carbocycles. The highest BCUT2D eigenvalue weighted by Crippen LogP contribution is 2.27. The second-order valence-corrected chi connectivity index (χ2v) is 8.06. The smallest absolute Gasteiger partial charge is 0.243 e. The number of rotatable bonds is 6. The van der Waals surface area contributed by atoms with E-state index in [4.69, 9.17) is 11.0 Å². The van der Waals surface area contributed by atoms with Crippen molar-refractivity contribution in [1.29, 1.82) is 5.26 Å². The van der Waals surface area contributed by atoms with Crippen molar-refractivity contribution in [2.24, 2.45) is 5.73 Å². The third-order valence-corrected chi connectivity index (χ3v) is 6.48. The Morgan fingerprint density at radius 2 is 2.15 bits per heavy atom. The van der Waals surface area contributed by atoms with E-state index in [0.717, 1.165) is 12.8 Å². The fourth-order valence-corrected chi connectivity index (χ4v) is 4.96. The maximum atomic E-state index is 13.1. The average molecular weight is 401 g/mol. The highest BCUT2D eigenvalue weighted by atomic mass is 35.5. The van der Waals surface area contributed by atoms with Crippen molar-refractivity contribution in [3.8, 4) is 6.07 Å². The van der Waals surface area contributed by atoms with E-state index in [1.54, 1.807) is 19.1 Å². The van der Waals surface area contributed by atoms with Gasteiger partial charge in [0.15, 0.2) is 0 Å². The minimum absolute atomic E-state index is 0. The van der Waals surface area contributed by atoms with Crippen LogP contribution in [0.1, 0.15) is 36.8 Å². The van der Waals surface area contributed by atoms with Gasteiger partial charge in [0.2, 0.25) is 15.9 Å². The van der Waals surface area contributed by atoms with Crippen molar-refractivity contribution in [2.45, 2.75) is 43.5 Å². The first-order valence-corrected chi connectivity index (χ1v) is 9.83. The lowest BCUT2D eigenvalue weighted by Gasteiger charge is -2.35. The van der Waals surface area contributed by atoms with Crippen LogP contribution in [0.3, 0.4) is 0 Å². The van der Waals surface area contributed by atoms with Crippen molar-refractivity contribution >= 4 is 28.3 Å². The van der Waals surface area contributed by atoms with Crippen molar-refractivity contribution in [3.05, 3.63) is 29.3 Å². The molecule has 1 aromatic rings. The van der Waals surface area contributed by atoms with E-state index in [-0.39, 0.29) is 48.8 Å². The lowest BCUT2D eigenvalue weighted by molar-refractivity contribution is -0.121. The molecule has 0 spiro atoms. The molecule has 0 aromatic heterocycles. The molecule has 1 unspecified atom stereocenters. The molecular weight excluding hydrogens is 376 g/mol. The molecule has 0 saturated carbocycles. The number of nitrogens with two attached hydrogens (primary N) is 1. The normalized spacial score (nSPS) is 17.8. The Labute approximate surface area is 161 Å². The summed E-state index contributed by atoms with van der Waals surface area (Å²) in [7, 11) is -3.73. The fraction of sp³-hybridized carbons (Fsp3) is 0.529. The predicted octanol–water partition coefficient (Wildman–Crippen LogP) is 1.30. The Morgan fingerprint density at radius 3 is 2.81 bits per heavy atom. The zero-order valence-electron chi connectivity index (χ0n) is 14.8. The molecule has 2 rings (SSSR count). The molecule has 1 fully saturated rings. The van der Waals surface area contributed by atoms with E-state index in [1.165, 1.54) is 10.4 Å². The zero-order chi connectivity index (χ0) is 18.4. The fourth-order valence-electron chi connectivity index (χ4n) is 3.02. The third kappa shape index (κ3) is 5.17. The molecule has 1 amide bonds. The number of piperidine rings is 1. The van der Waals surface area contributed by atoms with Crippen molar-refractivity contribution in [2.75, 3.05) is 19.6 Å². The second-order valence-electron chi connectivity index (χ2n) is 6.20. The standard InChI is InChI=1S/C17H24N4O3S.ClH/c1-13-5-6-14(11-19)10-16(13)25(23,24)21-9-3-2-4-15(21)12-20-17(22)7-8-18;/h5-6,10,15H,2-4,7-9,12,18H2,1H3,(H,20,22);1H. The number of carbonyl (C=O) groups is 1. The maximum Gasteiger partial charge on any atom is 0.243 e. The van der Waals surface area contributed by atoms with Gasteiger partial charge in [-0.15, -0.1) is 12.4 Å². The molecule has 1 aliphatic heterocycles. The number of nitriles is 1. The maximum absolute atomic E-state index is 13.1. The number of nitrogens with zero attached hydrogens (tertiary/aromatic N) is 2. The van der Waals surface area contributed by atoms with E-state index >= 15 is 0 Å². The van der Waals surface area contributed by atoms with Gasteiger partial charge in [-0.05, 0) is 37.5 Å². The van der Waals surface area contributed by atoms with Crippen LogP contribution in [0, 0.1) is 18.3 Å². The summed E-state index contributed by atoms with van der Waals surface area (Å²) in [4.78, 5) is 11.8. The van der Waals surface area contributed by atoms with E-state index in [2.05, 4.69) is 5.32 Å². The quantitative estimate of drug-likeness (QED) is 0.746. The number of benzene rings is 1. The molecule has 1 saturated heterocycles. The third-order valence-electron chi connectivity index (χ3n) is 4.38. The Bertz CT molecular complexity index is 777. The summed E-state index contributed by atoms with van der Waals surface area (Å²) in [6, 6.07) is 6.37. The Balaban J connectivity index is 0.00000338. The molecule has 9 heteroatoms. The van der Waals surface area contributed by atoms with Crippen molar-refractivity contribution in [1.82, 2.24) is 9.62 Å². The van der Waals surface area contributed by atoms with E-state index in [9.17, 15) is 13.2 Å². The van der Waals surface area contributed by atoms with E-state index in [1.807, 2.05) is 6.07 Å². The predicted molar refractivity (Wildman–Crippen MR) is 101 cm³/mol. The Morgan fingerprint density at radius 1 is 1.42 bits per heavy atom. The Kier molecular flexibility index (Phi) is 8.50. The first kappa shape index (κ1) is 22.4. The van der Waals surface area contributed by atoms with Gasteiger partial charge in [0.25, 0.3) is 0 Å². The zero-order valence-corrected chi connectivity index (χ0v) is 16.4. The highest BCUT2D eigenvalue weighted by Gasteiger charge is 2.34. The first-order chi connectivity index (χ1) is 11.9. The SMILES string of the molecule is Cc1ccc(C#N)cc1S(=O)(=O)N1CCCCC1CNC(=O)CCN.Cl. The van der Waals surface area contributed by atoms with Crippen molar-refractivity contribution < 1.29 is 13.2 Å². The van der Waals surface area contributed by atoms with Crippen LogP contribution in [-0.4, -0.2) is 44.3 Å². The van der Waals surface area contributed by atoms with Gasteiger partial charge in [-0.3, -0.25) is 4.79 Å². The average Bonchev–Trinajstić information content (AvgIpc) is 2.60. The van der Waals surface area contributed by atoms with E-state index in [0.29, 0.717) is 24.1 Å². The van der Waals surface area contributed by atoms with Gasteiger partial charge in [-0.25, -0.2) is 8.42 Å². The number of hydrogen-bond donors (Lipinski definition) is 2. The number of carbonyl (C=O) groups excluding carboxylic acids is 1. The second kappa shape index (κ2) is 9.88. The van der Waals surface area contributed by atoms with Gasteiger partial charge in [-0.2, -0.15) is 9.57 Å². The number of halogens is 1. The molecule has 0 radical (unpaired) electrons. The molecule has 1 heterocycles. The minimum atomic E-state index is -3.73. The van der Waals surface area contributed by atoms with Crippen LogP contribution in [0.15, 0.2) is 23.1 Å². The van der Waals surface area contributed by atoms with Gasteiger partial charge in [-0.1, -0.05) is 12.5 Å². The van der Waals surface area contributed by atoms with Crippen LogP contribution in [0.2, 0.25) is 0 Å². The molecular formula is C17H25ClN4O3S. The summed E-state index contributed by atoms with van der Waals surface area (Å²) in [6.07, 6.45) is 2.62. The molecule has 3 N–H and O–H groups in total. The number of amides is 1. The largest absolute Gasteiger partial charge is 0.354 e. The summed E-state index contributed by atoms with van der Waals surface area (Å²) in [6.45, 7) is 2.67. The summed E-state index contributed by atoms with van der Waals surface area (Å²) in [5.74, 6) is -0.173. The Hall–Kier alpha value is -1.66. The van der Waals surface area contributed by atoms with Crippen LogP contribution in [0.5, 0.6) is 0 Å². The summed E-state index contributed by atoms with van der Waals surface area (Å²) >= 11 is 0. The molecule has 0 bridgehead atoms. The topological polar surface area (TPSA) is 116 Å². The molecule has 144 valence electrons. The molecule has 1 atom stereocenters. The van der Waals surface area contributed by atoms with Gasteiger partial charge in [0.1, 0.15) is 0 Å². The summed E-state index contributed by atoms with van der Waals surface area (Å²) in [5, 5.41) is 11.8. The molecule has 1 aromatic carbocycles. The van der Waals surface area contributed by atoms with Crippen LogP contribution in [0.4, 0.5) is 0 Å². The van der Waals surface area contributed by atoms with Crippen LogP contribution >= 0.6 is 12.4 Å².